The van der Waals surface area contributed by atoms with Crippen LogP contribution < -0.4 is 0 Å². The lowest BCUT2D eigenvalue weighted by molar-refractivity contribution is 0.526. The summed E-state index contributed by atoms with van der Waals surface area (Å²) in [5.41, 5.74) is 0.431. The Hall–Kier alpha value is -1.56. The average Bonchev–Trinajstić information content (AvgIpc) is 2.37. The van der Waals surface area contributed by atoms with Crippen LogP contribution in [0.1, 0.15) is 11.5 Å². The molecular weight excluding hydrogens is 145 g/mol. The van der Waals surface area contributed by atoms with E-state index in [0.29, 0.717) is 11.5 Å². The highest BCUT2D eigenvalue weighted by molar-refractivity contribution is 5.52. The van der Waals surface area contributed by atoms with E-state index in [0.717, 1.165) is 6.08 Å². The number of rotatable bonds is 1. The molecule has 2 nitrogen and oxygen atoms in total. The minimum absolute atomic E-state index is 0.431. The van der Waals surface area contributed by atoms with Gasteiger partial charge in [-0.15, -0.1) is 6.42 Å². The minimum Gasteiger partial charge on any atom is -0.448 e. The highest BCUT2D eigenvalue weighted by Crippen LogP contribution is 2.09. The second-order valence-electron chi connectivity index (χ2n) is 1.93. The summed E-state index contributed by atoms with van der Waals surface area (Å²) in [6, 6.07) is 0. The Bertz CT molecular complexity index is 319. The number of aryl methyl sites for hydroxylation is 1. The van der Waals surface area contributed by atoms with Crippen LogP contribution in [-0.2, 0) is 0 Å². The fourth-order valence-electron chi connectivity index (χ4n) is 0.614. The molecule has 0 aliphatic heterocycles. The summed E-state index contributed by atoms with van der Waals surface area (Å²) in [5.74, 6) is 1.74. The zero-order valence-corrected chi connectivity index (χ0v) is 5.97. The molecule has 0 amide bonds. The second-order valence-corrected chi connectivity index (χ2v) is 1.93. The molecule has 0 fully saturated rings. The molecule has 0 unspecified atom stereocenters. The lowest BCUT2D eigenvalue weighted by Crippen LogP contribution is -1.75. The van der Waals surface area contributed by atoms with Crippen LogP contribution in [0, 0.1) is 19.3 Å². The Kier molecular flexibility index (Phi) is 2.07. The van der Waals surface area contributed by atoms with E-state index >= 15 is 0 Å². The van der Waals surface area contributed by atoms with Gasteiger partial charge in [0.1, 0.15) is 11.5 Å². The van der Waals surface area contributed by atoms with Gasteiger partial charge >= 0.3 is 0 Å². The first-order valence-electron chi connectivity index (χ1n) is 2.98. The van der Waals surface area contributed by atoms with E-state index in [1.807, 2.05) is 5.92 Å². The molecule has 0 aliphatic rings. The molecule has 0 spiro atoms. The highest BCUT2D eigenvalue weighted by atomic mass is 19.1. The lowest BCUT2D eigenvalue weighted by atomic mass is 10.3. The molecule has 0 bridgehead atoms. The summed E-state index contributed by atoms with van der Waals surface area (Å²) < 4.78 is 17.2. The van der Waals surface area contributed by atoms with Gasteiger partial charge < -0.3 is 4.42 Å². The fourth-order valence-corrected chi connectivity index (χ4v) is 0.614. The van der Waals surface area contributed by atoms with Crippen LogP contribution in [-0.4, -0.2) is 4.98 Å². The standard InChI is InChI=1S/C8H6FNO/c1-3-7(9)4-8-6(2)11-5-10-8/h1,4-5H,2H3/b7-4+. The van der Waals surface area contributed by atoms with Crippen molar-refractivity contribution in [2.24, 2.45) is 0 Å². The number of hydrogen-bond acceptors (Lipinski definition) is 2. The van der Waals surface area contributed by atoms with Crippen LogP contribution in [0.15, 0.2) is 16.6 Å². The summed E-state index contributed by atoms with van der Waals surface area (Å²) in [5, 5.41) is 0. The highest BCUT2D eigenvalue weighted by Gasteiger charge is 1.99. The maximum absolute atomic E-state index is 12.4. The number of nitrogens with zero attached hydrogens (tertiary/aromatic N) is 1. The van der Waals surface area contributed by atoms with Crippen molar-refractivity contribution in [1.29, 1.82) is 0 Å². The van der Waals surface area contributed by atoms with Crippen LogP contribution in [0.25, 0.3) is 6.08 Å². The average molecular weight is 151 g/mol. The number of halogens is 1. The van der Waals surface area contributed by atoms with E-state index in [9.17, 15) is 4.39 Å². The van der Waals surface area contributed by atoms with Crippen LogP contribution in [0.2, 0.25) is 0 Å². The van der Waals surface area contributed by atoms with Crippen molar-refractivity contribution in [2.75, 3.05) is 0 Å². The first kappa shape index (κ1) is 7.55. The third-order valence-corrected chi connectivity index (χ3v) is 1.18. The van der Waals surface area contributed by atoms with E-state index < -0.39 is 5.83 Å². The van der Waals surface area contributed by atoms with Gasteiger partial charge in [0.2, 0.25) is 0 Å². The normalized spacial score (nSPS) is 11.2. The summed E-state index contributed by atoms with van der Waals surface area (Å²) in [4.78, 5) is 3.73. The van der Waals surface area contributed by atoms with Crippen LogP contribution in [0.4, 0.5) is 4.39 Å². The van der Waals surface area contributed by atoms with Crippen LogP contribution in [0.5, 0.6) is 0 Å². The van der Waals surface area contributed by atoms with E-state index in [1.54, 1.807) is 6.92 Å². The van der Waals surface area contributed by atoms with Crippen molar-refractivity contribution >= 4 is 6.08 Å². The Morgan fingerprint density at radius 2 is 2.64 bits per heavy atom. The van der Waals surface area contributed by atoms with Crippen molar-refractivity contribution in [1.82, 2.24) is 4.98 Å². The molecule has 0 saturated heterocycles. The second kappa shape index (κ2) is 3.02. The quantitative estimate of drug-likeness (QED) is 0.573. The van der Waals surface area contributed by atoms with Gasteiger partial charge in [0, 0.05) is 6.08 Å². The van der Waals surface area contributed by atoms with Gasteiger partial charge in [0.25, 0.3) is 0 Å². The largest absolute Gasteiger partial charge is 0.448 e. The number of aromatic nitrogens is 1. The van der Waals surface area contributed by atoms with Gasteiger partial charge in [-0.1, -0.05) is 0 Å². The van der Waals surface area contributed by atoms with Gasteiger partial charge in [-0.05, 0) is 12.8 Å². The van der Waals surface area contributed by atoms with E-state index in [4.69, 9.17) is 10.8 Å². The molecular formula is C8H6FNO. The van der Waals surface area contributed by atoms with E-state index in [2.05, 4.69) is 4.98 Å². The van der Waals surface area contributed by atoms with E-state index in [-0.39, 0.29) is 0 Å². The summed E-state index contributed by atoms with van der Waals surface area (Å²) in [7, 11) is 0. The first-order valence-corrected chi connectivity index (χ1v) is 2.98. The smallest absolute Gasteiger partial charge is 0.181 e. The maximum Gasteiger partial charge on any atom is 0.181 e. The van der Waals surface area contributed by atoms with Gasteiger partial charge in [-0.3, -0.25) is 0 Å². The number of oxazole rings is 1. The predicted molar refractivity (Wildman–Crippen MR) is 39.2 cm³/mol. The number of terminal acetylenes is 1. The molecule has 1 aromatic heterocycles. The van der Waals surface area contributed by atoms with Crippen LogP contribution >= 0.6 is 0 Å². The molecule has 1 rings (SSSR count). The monoisotopic (exact) mass is 151 g/mol. The van der Waals surface area contributed by atoms with Crippen molar-refractivity contribution in [3.63, 3.8) is 0 Å². The Morgan fingerprint density at radius 1 is 1.91 bits per heavy atom. The Balaban J connectivity index is 2.97. The minimum atomic E-state index is -0.651. The summed E-state index contributed by atoms with van der Waals surface area (Å²) in [6.07, 6.45) is 7.18. The molecule has 0 saturated carbocycles. The van der Waals surface area contributed by atoms with Gasteiger partial charge in [0.15, 0.2) is 12.2 Å². The number of hydrogen-bond donors (Lipinski definition) is 0. The van der Waals surface area contributed by atoms with Gasteiger partial charge in [0.05, 0.1) is 0 Å². The SMILES string of the molecule is C#C/C(F)=C\c1ncoc1C. The van der Waals surface area contributed by atoms with Crippen molar-refractivity contribution < 1.29 is 8.81 Å². The van der Waals surface area contributed by atoms with Crippen LogP contribution in [0.3, 0.4) is 0 Å². The third kappa shape index (κ3) is 1.68. The third-order valence-electron chi connectivity index (χ3n) is 1.18. The first-order chi connectivity index (χ1) is 5.24. The van der Waals surface area contributed by atoms with Gasteiger partial charge in [-0.25, -0.2) is 4.98 Å². The van der Waals surface area contributed by atoms with Gasteiger partial charge in [-0.2, -0.15) is 4.39 Å². The molecule has 0 aliphatic carbocycles. The fraction of sp³-hybridized carbons (Fsp3) is 0.125. The van der Waals surface area contributed by atoms with Crippen molar-refractivity contribution in [3.05, 3.63) is 23.7 Å². The zero-order chi connectivity index (χ0) is 8.27. The zero-order valence-electron chi connectivity index (χ0n) is 5.97. The predicted octanol–water partition coefficient (Wildman–Crippen LogP) is 1.93. The molecule has 0 atom stereocenters. The maximum atomic E-state index is 12.4. The summed E-state index contributed by atoms with van der Waals surface area (Å²) in [6.45, 7) is 1.68. The topological polar surface area (TPSA) is 26.0 Å². The number of allylic oxidation sites excluding steroid dienone is 1. The lowest BCUT2D eigenvalue weighted by Gasteiger charge is -1.84. The molecule has 1 aromatic rings. The molecule has 56 valence electrons. The molecule has 11 heavy (non-hydrogen) atoms. The van der Waals surface area contributed by atoms with Crippen molar-refractivity contribution in [2.45, 2.75) is 6.92 Å². The molecule has 0 aromatic carbocycles. The Morgan fingerprint density at radius 3 is 3.09 bits per heavy atom. The molecule has 0 N–H and O–H groups in total. The molecule has 3 heteroatoms. The Labute approximate surface area is 63.7 Å². The van der Waals surface area contributed by atoms with E-state index in [1.165, 1.54) is 6.39 Å². The van der Waals surface area contributed by atoms with Crippen molar-refractivity contribution in [3.8, 4) is 12.3 Å². The molecule has 1 heterocycles. The molecule has 0 radical (unpaired) electrons. The summed E-state index contributed by atoms with van der Waals surface area (Å²) >= 11 is 0.